The highest BCUT2D eigenvalue weighted by molar-refractivity contribution is 9.10. The van der Waals surface area contributed by atoms with E-state index in [2.05, 4.69) is 26.2 Å². The first-order valence-electron chi connectivity index (χ1n) is 4.20. The van der Waals surface area contributed by atoms with E-state index in [9.17, 15) is 0 Å². The minimum absolute atomic E-state index is 0.141. The average Bonchev–Trinajstić information content (AvgIpc) is 2.51. The summed E-state index contributed by atoms with van der Waals surface area (Å²) in [6.07, 6.45) is 1.95. The van der Waals surface area contributed by atoms with Gasteiger partial charge in [0, 0.05) is 28.8 Å². The zero-order valence-corrected chi connectivity index (χ0v) is 9.18. The molecule has 0 saturated carbocycles. The number of pyridine rings is 1. The maximum Gasteiger partial charge on any atom is 0.131 e. The molecule has 1 N–H and O–H groups in total. The van der Waals surface area contributed by atoms with Gasteiger partial charge in [0.15, 0.2) is 0 Å². The number of anilines is 1. The van der Waals surface area contributed by atoms with Crippen molar-refractivity contribution in [3.05, 3.63) is 21.8 Å². The van der Waals surface area contributed by atoms with E-state index in [-0.39, 0.29) is 6.10 Å². The van der Waals surface area contributed by atoms with Crippen molar-refractivity contribution >= 4 is 21.7 Å². The molecule has 70 valence electrons. The summed E-state index contributed by atoms with van der Waals surface area (Å²) in [4.78, 5) is 4.28. The van der Waals surface area contributed by atoms with Crippen LogP contribution in [0.3, 0.4) is 0 Å². The summed E-state index contributed by atoms with van der Waals surface area (Å²) in [6, 6.07) is 0. The van der Waals surface area contributed by atoms with E-state index in [0.29, 0.717) is 6.61 Å². The summed E-state index contributed by atoms with van der Waals surface area (Å²) in [5.41, 5.74) is 2.39. The van der Waals surface area contributed by atoms with Crippen molar-refractivity contribution < 1.29 is 4.74 Å². The quantitative estimate of drug-likeness (QED) is 0.822. The minimum atomic E-state index is 0.141. The first-order valence-corrected chi connectivity index (χ1v) is 5.00. The molecule has 0 radical (unpaired) electrons. The van der Waals surface area contributed by atoms with Crippen molar-refractivity contribution in [2.75, 3.05) is 12.4 Å². The van der Waals surface area contributed by atoms with E-state index in [1.165, 1.54) is 11.1 Å². The lowest BCUT2D eigenvalue weighted by Crippen LogP contribution is -2.00. The van der Waals surface area contributed by atoms with Crippen molar-refractivity contribution in [1.29, 1.82) is 0 Å². The van der Waals surface area contributed by atoms with Gasteiger partial charge in [-0.2, -0.15) is 0 Å². The van der Waals surface area contributed by atoms with Gasteiger partial charge in [0.2, 0.25) is 0 Å². The van der Waals surface area contributed by atoms with Crippen LogP contribution in [-0.4, -0.2) is 12.0 Å². The van der Waals surface area contributed by atoms with E-state index in [1.54, 1.807) is 0 Å². The van der Waals surface area contributed by atoms with Gasteiger partial charge in [0.25, 0.3) is 0 Å². The molecule has 0 spiro atoms. The molecule has 0 bridgehead atoms. The Labute approximate surface area is 85.6 Å². The minimum Gasteiger partial charge on any atom is -0.373 e. The van der Waals surface area contributed by atoms with Gasteiger partial charge in [-0.15, -0.1) is 0 Å². The first kappa shape index (κ1) is 8.97. The number of fused-ring (bicyclic) bond motifs is 1. The number of rotatable bonds is 1. The predicted octanol–water partition coefficient (Wildman–Crippen LogP) is 2.48. The molecule has 1 unspecified atom stereocenters. The molecule has 1 atom stereocenters. The normalized spacial score (nSPS) is 20.1. The number of aromatic nitrogens is 1. The average molecular weight is 243 g/mol. The Morgan fingerprint density at radius 3 is 3.15 bits per heavy atom. The molecule has 1 aromatic heterocycles. The summed E-state index contributed by atoms with van der Waals surface area (Å²) in [5.74, 6) is 0.920. The Morgan fingerprint density at radius 2 is 2.46 bits per heavy atom. The molecule has 0 amide bonds. The lowest BCUT2D eigenvalue weighted by atomic mass is 10.1. The molecule has 3 nitrogen and oxygen atoms in total. The summed E-state index contributed by atoms with van der Waals surface area (Å²) >= 11 is 3.47. The van der Waals surface area contributed by atoms with Crippen LogP contribution in [0.4, 0.5) is 5.82 Å². The van der Waals surface area contributed by atoms with Crippen LogP contribution in [0.25, 0.3) is 0 Å². The molecule has 0 saturated heterocycles. The van der Waals surface area contributed by atoms with E-state index in [1.807, 2.05) is 20.2 Å². The topological polar surface area (TPSA) is 34.2 Å². The lowest BCUT2D eigenvalue weighted by molar-refractivity contribution is 0.0797. The number of ether oxygens (including phenoxy) is 1. The van der Waals surface area contributed by atoms with Crippen LogP contribution in [-0.2, 0) is 11.3 Å². The van der Waals surface area contributed by atoms with Crippen LogP contribution >= 0.6 is 15.9 Å². The highest BCUT2D eigenvalue weighted by atomic mass is 79.9. The molecule has 2 heterocycles. The predicted molar refractivity (Wildman–Crippen MR) is 54.7 cm³/mol. The van der Waals surface area contributed by atoms with Crippen molar-refractivity contribution in [3.8, 4) is 0 Å². The lowest BCUT2D eigenvalue weighted by Gasteiger charge is -2.09. The molecule has 0 aliphatic carbocycles. The number of nitrogens with one attached hydrogen (secondary N) is 1. The zero-order valence-electron chi connectivity index (χ0n) is 7.60. The largest absolute Gasteiger partial charge is 0.373 e. The number of nitrogens with zero attached hydrogens (tertiary/aromatic N) is 1. The van der Waals surface area contributed by atoms with Crippen LogP contribution in [0.5, 0.6) is 0 Å². The van der Waals surface area contributed by atoms with E-state index in [0.717, 1.165) is 10.3 Å². The summed E-state index contributed by atoms with van der Waals surface area (Å²) in [5, 5.41) is 3.07. The Morgan fingerprint density at radius 1 is 1.69 bits per heavy atom. The number of hydrogen-bond donors (Lipinski definition) is 1. The van der Waals surface area contributed by atoms with Gasteiger partial charge in [0.05, 0.1) is 12.7 Å². The third-order valence-electron chi connectivity index (χ3n) is 2.30. The van der Waals surface area contributed by atoms with Crippen LogP contribution in [0, 0.1) is 0 Å². The maximum atomic E-state index is 5.54. The molecule has 1 aliphatic heterocycles. The highest BCUT2D eigenvalue weighted by Gasteiger charge is 2.25. The van der Waals surface area contributed by atoms with E-state index in [4.69, 9.17) is 4.74 Å². The third kappa shape index (κ3) is 1.34. The fourth-order valence-corrected chi connectivity index (χ4v) is 2.05. The Balaban J connectivity index is 2.60. The fourth-order valence-electron chi connectivity index (χ4n) is 1.62. The highest BCUT2D eigenvalue weighted by Crippen LogP contribution is 2.38. The fraction of sp³-hybridized carbons (Fsp3) is 0.444. The maximum absolute atomic E-state index is 5.54. The molecule has 4 heteroatoms. The first-order chi connectivity index (χ1) is 6.24. The van der Waals surface area contributed by atoms with Gasteiger partial charge < -0.3 is 10.1 Å². The van der Waals surface area contributed by atoms with Crippen LogP contribution in [0.1, 0.15) is 24.2 Å². The summed E-state index contributed by atoms with van der Waals surface area (Å²) in [6.45, 7) is 2.72. The number of hydrogen-bond acceptors (Lipinski definition) is 3. The zero-order chi connectivity index (χ0) is 9.42. The van der Waals surface area contributed by atoms with E-state index < -0.39 is 0 Å². The molecule has 0 aromatic carbocycles. The smallest absolute Gasteiger partial charge is 0.131 e. The van der Waals surface area contributed by atoms with Gasteiger partial charge in [0.1, 0.15) is 5.82 Å². The standard InChI is InChI=1S/C9H11BrN2O/c1-5-8-6(4-13-5)7(10)3-12-9(8)11-2/h3,5H,4H2,1-2H3,(H,11,12). The SMILES string of the molecule is CNc1ncc(Br)c2c1C(C)OC2. The molecule has 13 heavy (non-hydrogen) atoms. The molecule has 2 rings (SSSR count). The summed E-state index contributed by atoms with van der Waals surface area (Å²) in [7, 11) is 1.88. The monoisotopic (exact) mass is 242 g/mol. The van der Waals surface area contributed by atoms with E-state index >= 15 is 0 Å². The summed E-state index contributed by atoms with van der Waals surface area (Å²) < 4.78 is 6.57. The molecular formula is C9H11BrN2O. The van der Waals surface area contributed by atoms with Gasteiger partial charge in [-0.05, 0) is 22.9 Å². The van der Waals surface area contributed by atoms with Gasteiger partial charge >= 0.3 is 0 Å². The third-order valence-corrected chi connectivity index (χ3v) is 2.98. The van der Waals surface area contributed by atoms with Crippen molar-refractivity contribution in [2.45, 2.75) is 19.6 Å². The van der Waals surface area contributed by atoms with Gasteiger partial charge in [-0.3, -0.25) is 0 Å². The van der Waals surface area contributed by atoms with Crippen molar-refractivity contribution in [1.82, 2.24) is 4.98 Å². The van der Waals surface area contributed by atoms with Gasteiger partial charge in [-0.25, -0.2) is 4.98 Å². The number of halogens is 1. The van der Waals surface area contributed by atoms with Crippen LogP contribution < -0.4 is 5.32 Å². The molecule has 1 aliphatic rings. The second-order valence-electron chi connectivity index (χ2n) is 3.05. The van der Waals surface area contributed by atoms with Crippen molar-refractivity contribution in [3.63, 3.8) is 0 Å². The van der Waals surface area contributed by atoms with Crippen molar-refractivity contribution in [2.24, 2.45) is 0 Å². The second kappa shape index (κ2) is 3.27. The Kier molecular flexibility index (Phi) is 2.26. The molecule has 0 fully saturated rings. The van der Waals surface area contributed by atoms with Gasteiger partial charge in [-0.1, -0.05) is 0 Å². The second-order valence-corrected chi connectivity index (χ2v) is 3.90. The molecule has 1 aromatic rings. The van der Waals surface area contributed by atoms with Crippen LogP contribution in [0.15, 0.2) is 10.7 Å². The Hall–Kier alpha value is -0.610. The van der Waals surface area contributed by atoms with Crippen LogP contribution in [0.2, 0.25) is 0 Å². The Bertz CT molecular complexity index is 341. The molecular weight excluding hydrogens is 232 g/mol.